The van der Waals surface area contributed by atoms with Gasteiger partial charge in [-0.05, 0) is 34.8 Å². The number of hydrogen-bond acceptors (Lipinski definition) is 3. The van der Waals surface area contributed by atoms with Crippen molar-refractivity contribution in [1.82, 2.24) is 4.98 Å². The van der Waals surface area contributed by atoms with Gasteiger partial charge in [0.25, 0.3) is 0 Å². The van der Waals surface area contributed by atoms with Gasteiger partial charge in [0.05, 0.1) is 5.69 Å². The molecule has 5 heteroatoms. The first kappa shape index (κ1) is 19.0. The number of amides is 1. The summed E-state index contributed by atoms with van der Waals surface area (Å²) >= 11 is 1.38. The second kappa shape index (κ2) is 7.84. The zero-order valence-corrected chi connectivity index (χ0v) is 16.3. The Morgan fingerprint density at radius 3 is 2.37 bits per heavy atom. The lowest BCUT2D eigenvalue weighted by molar-refractivity contribution is -0.111. The number of anilines is 1. The molecule has 0 fully saturated rings. The van der Waals surface area contributed by atoms with E-state index in [-0.39, 0.29) is 17.1 Å². The lowest BCUT2D eigenvalue weighted by Gasteiger charge is -2.18. The van der Waals surface area contributed by atoms with Crippen molar-refractivity contribution < 1.29 is 9.18 Å². The molecule has 1 heterocycles. The predicted molar refractivity (Wildman–Crippen MR) is 110 cm³/mol. The zero-order chi connectivity index (χ0) is 19.4. The van der Waals surface area contributed by atoms with Gasteiger partial charge in [-0.15, -0.1) is 11.3 Å². The van der Waals surface area contributed by atoms with Crippen molar-refractivity contribution >= 4 is 28.5 Å². The highest BCUT2D eigenvalue weighted by Crippen LogP contribution is 2.28. The Labute approximate surface area is 162 Å². The highest BCUT2D eigenvalue weighted by Gasteiger charge is 2.14. The maximum Gasteiger partial charge on any atom is 0.250 e. The van der Waals surface area contributed by atoms with E-state index in [4.69, 9.17) is 0 Å². The summed E-state index contributed by atoms with van der Waals surface area (Å²) in [6, 6.07) is 14.3. The number of nitrogens with zero attached hydrogens (tertiary/aromatic N) is 1. The van der Waals surface area contributed by atoms with Crippen LogP contribution in [-0.2, 0) is 10.2 Å². The molecule has 27 heavy (non-hydrogen) atoms. The van der Waals surface area contributed by atoms with E-state index in [9.17, 15) is 9.18 Å². The van der Waals surface area contributed by atoms with Crippen molar-refractivity contribution in [3.05, 3.63) is 76.9 Å². The minimum absolute atomic E-state index is 0.108. The van der Waals surface area contributed by atoms with Gasteiger partial charge in [-0.25, -0.2) is 9.37 Å². The number of carbonyl (C=O) groups excluding carboxylic acids is 1. The molecule has 0 aliphatic carbocycles. The molecule has 0 atom stereocenters. The lowest BCUT2D eigenvalue weighted by Crippen LogP contribution is -2.10. The van der Waals surface area contributed by atoms with Gasteiger partial charge in [0, 0.05) is 17.0 Å². The van der Waals surface area contributed by atoms with Gasteiger partial charge in [-0.2, -0.15) is 0 Å². The SMILES string of the molecule is CC(C)(C)c1ccc(-c2csc(NC(=O)C=Cc3ccc(F)cc3)n2)cc1. The number of rotatable bonds is 4. The number of carbonyl (C=O) groups is 1. The summed E-state index contributed by atoms with van der Waals surface area (Å²) in [7, 11) is 0. The minimum atomic E-state index is -0.303. The van der Waals surface area contributed by atoms with Crippen LogP contribution in [0.4, 0.5) is 9.52 Å². The van der Waals surface area contributed by atoms with Crippen LogP contribution in [0.1, 0.15) is 31.9 Å². The molecule has 0 aliphatic rings. The van der Waals surface area contributed by atoms with E-state index < -0.39 is 0 Å². The predicted octanol–water partition coefficient (Wildman–Crippen LogP) is 5.90. The Hall–Kier alpha value is -2.79. The van der Waals surface area contributed by atoms with E-state index >= 15 is 0 Å². The van der Waals surface area contributed by atoms with E-state index in [0.29, 0.717) is 5.13 Å². The molecule has 1 aromatic heterocycles. The third-order valence-electron chi connectivity index (χ3n) is 4.08. The Morgan fingerprint density at radius 1 is 1.07 bits per heavy atom. The Kier molecular flexibility index (Phi) is 5.51. The summed E-state index contributed by atoms with van der Waals surface area (Å²) in [5.74, 6) is -0.578. The van der Waals surface area contributed by atoms with Crippen LogP contribution in [0.15, 0.2) is 60.0 Å². The second-order valence-electron chi connectivity index (χ2n) is 7.24. The van der Waals surface area contributed by atoms with Crippen LogP contribution in [0.3, 0.4) is 0 Å². The fourth-order valence-corrected chi connectivity index (χ4v) is 3.22. The molecule has 0 saturated carbocycles. The minimum Gasteiger partial charge on any atom is -0.298 e. The lowest BCUT2D eigenvalue weighted by atomic mass is 9.86. The average Bonchev–Trinajstić information content (AvgIpc) is 3.09. The van der Waals surface area contributed by atoms with Gasteiger partial charge in [0.2, 0.25) is 5.91 Å². The summed E-state index contributed by atoms with van der Waals surface area (Å²) in [6.07, 6.45) is 3.04. The van der Waals surface area contributed by atoms with E-state index in [1.54, 1.807) is 18.2 Å². The molecular weight excluding hydrogens is 359 g/mol. The summed E-state index contributed by atoms with van der Waals surface area (Å²) in [6.45, 7) is 6.54. The number of nitrogens with one attached hydrogen (secondary N) is 1. The van der Waals surface area contributed by atoms with Crippen LogP contribution >= 0.6 is 11.3 Å². The molecule has 1 amide bonds. The number of benzene rings is 2. The third-order valence-corrected chi connectivity index (χ3v) is 4.84. The summed E-state index contributed by atoms with van der Waals surface area (Å²) < 4.78 is 12.9. The molecule has 2 aromatic carbocycles. The Bertz CT molecular complexity index is 951. The van der Waals surface area contributed by atoms with E-state index in [1.165, 1.54) is 35.1 Å². The molecule has 0 saturated heterocycles. The molecule has 0 aliphatic heterocycles. The molecular formula is C22H21FN2OS. The molecule has 138 valence electrons. The normalized spacial score (nSPS) is 11.7. The first-order valence-corrected chi connectivity index (χ1v) is 9.50. The summed E-state index contributed by atoms with van der Waals surface area (Å²) in [4.78, 5) is 16.5. The molecule has 3 aromatic rings. The van der Waals surface area contributed by atoms with Gasteiger partial charge in [-0.1, -0.05) is 57.2 Å². The summed E-state index contributed by atoms with van der Waals surface area (Å²) in [5, 5.41) is 5.22. The van der Waals surface area contributed by atoms with Crippen LogP contribution in [0, 0.1) is 5.82 Å². The smallest absolute Gasteiger partial charge is 0.250 e. The van der Waals surface area contributed by atoms with E-state index in [2.05, 4.69) is 55.3 Å². The van der Waals surface area contributed by atoms with Gasteiger partial charge >= 0.3 is 0 Å². The topological polar surface area (TPSA) is 42.0 Å². The van der Waals surface area contributed by atoms with Gasteiger partial charge in [0.15, 0.2) is 5.13 Å². The molecule has 0 radical (unpaired) electrons. The average molecular weight is 380 g/mol. The Morgan fingerprint density at radius 2 is 1.74 bits per heavy atom. The van der Waals surface area contributed by atoms with Crippen molar-refractivity contribution in [2.75, 3.05) is 5.32 Å². The summed E-state index contributed by atoms with van der Waals surface area (Å²) in [5.41, 5.74) is 3.97. The monoisotopic (exact) mass is 380 g/mol. The maximum atomic E-state index is 12.9. The molecule has 3 rings (SSSR count). The van der Waals surface area contributed by atoms with Crippen LogP contribution in [0.2, 0.25) is 0 Å². The number of aromatic nitrogens is 1. The van der Waals surface area contributed by atoms with Crippen molar-refractivity contribution in [3.8, 4) is 11.3 Å². The highest BCUT2D eigenvalue weighted by molar-refractivity contribution is 7.14. The van der Waals surface area contributed by atoms with Crippen molar-refractivity contribution in [2.45, 2.75) is 26.2 Å². The van der Waals surface area contributed by atoms with E-state index in [1.807, 2.05) is 5.38 Å². The zero-order valence-electron chi connectivity index (χ0n) is 15.5. The molecule has 0 bridgehead atoms. The van der Waals surface area contributed by atoms with Crippen molar-refractivity contribution in [1.29, 1.82) is 0 Å². The fourth-order valence-electron chi connectivity index (χ4n) is 2.50. The van der Waals surface area contributed by atoms with E-state index in [0.717, 1.165) is 16.8 Å². The molecule has 3 nitrogen and oxygen atoms in total. The van der Waals surface area contributed by atoms with Gasteiger partial charge < -0.3 is 0 Å². The van der Waals surface area contributed by atoms with Crippen LogP contribution < -0.4 is 5.32 Å². The van der Waals surface area contributed by atoms with Crippen LogP contribution in [0.25, 0.3) is 17.3 Å². The standard InChI is InChI=1S/C22H21FN2OS/c1-22(2,3)17-9-7-16(8-10-17)19-14-27-21(24-19)25-20(26)13-6-15-4-11-18(23)12-5-15/h4-14H,1-3H3,(H,24,25,26). The van der Waals surface area contributed by atoms with Crippen molar-refractivity contribution in [3.63, 3.8) is 0 Å². The van der Waals surface area contributed by atoms with Crippen LogP contribution in [-0.4, -0.2) is 10.9 Å². The largest absolute Gasteiger partial charge is 0.298 e. The first-order chi connectivity index (χ1) is 12.8. The molecule has 1 N–H and O–H groups in total. The quantitative estimate of drug-likeness (QED) is 0.573. The highest BCUT2D eigenvalue weighted by atomic mass is 32.1. The maximum absolute atomic E-state index is 12.9. The Balaban J connectivity index is 1.65. The fraction of sp³-hybridized carbons (Fsp3) is 0.182. The molecule has 0 unspecified atom stereocenters. The number of halogens is 1. The number of hydrogen-bond donors (Lipinski definition) is 1. The van der Waals surface area contributed by atoms with Gasteiger partial charge in [0.1, 0.15) is 5.82 Å². The second-order valence-corrected chi connectivity index (χ2v) is 8.10. The first-order valence-electron chi connectivity index (χ1n) is 8.62. The van der Waals surface area contributed by atoms with Crippen molar-refractivity contribution in [2.24, 2.45) is 0 Å². The molecule has 0 spiro atoms. The van der Waals surface area contributed by atoms with Crippen LogP contribution in [0.5, 0.6) is 0 Å². The van der Waals surface area contributed by atoms with Gasteiger partial charge in [-0.3, -0.25) is 10.1 Å². The number of thiazole rings is 1. The third kappa shape index (κ3) is 5.11.